The number of benzene rings is 4. The van der Waals surface area contributed by atoms with Gasteiger partial charge in [-0.15, -0.1) is 34.0 Å². The number of carbonyl (C=O) groups excluding carboxylic acids is 4. The smallest absolute Gasteiger partial charge is 0.197 e. The molecule has 3 aromatic heterocycles. The fraction of sp³-hybridized carbons (Fsp3) is 0.231. The van der Waals surface area contributed by atoms with Gasteiger partial charge in [0.05, 0.1) is 15.8 Å². The van der Waals surface area contributed by atoms with Crippen molar-refractivity contribution in [1.29, 1.82) is 0 Å². The van der Waals surface area contributed by atoms with Crippen molar-refractivity contribution >= 4 is 111 Å². The Kier molecular flexibility index (Phi) is 7.81. The fourth-order valence-electron chi connectivity index (χ4n) is 12.0. The Morgan fingerprint density at radius 2 is 0.857 bits per heavy atom. The Bertz CT molecular complexity index is 3360. The van der Waals surface area contributed by atoms with Crippen LogP contribution in [0.5, 0.6) is 0 Å². The first-order valence-corrected chi connectivity index (χ1v) is 23.8. The molecule has 6 aliphatic carbocycles. The standard InChI is InChI=1S/C52H32F4O4S3/c53-36-15-23-11-29-30(12-24(23)16-37(36)54)45(58)33(44(29)57)19-27-21-35-48(61-27)41-42(51(35)7-3-1-4-8-51)50-43(52(41)9-5-2-6-10-52)49-40(63-50)22-28(62-49)20-34-46(59)31-13-25-17-38(55)39(56)18-26(25)14-32(31)47(34)60/h11-22H,1-10H2. The Balaban J connectivity index is 0.916. The summed E-state index contributed by atoms with van der Waals surface area (Å²) in [6, 6.07) is 14.5. The first-order valence-electron chi connectivity index (χ1n) is 21.4. The van der Waals surface area contributed by atoms with Gasteiger partial charge in [-0.25, -0.2) is 17.6 Å². The number of allylic oxidation sites excluding steroid dienone is 4. The van der Waals surface area contributed by atoms with Crippen LogP contribution in [-0.4, -0.2) is 23.1 Å². The van der Waals surface area contributed by atoms with Crippen molar-refractivity contribution in [3.63, 3.8) is 0 Å². The lowest BCUT2D eigenvalue weighted by Crippen LogP contribution is -2.28. The number of carbonyl (C=O) groups is 4. The van der Waals surface area contributed by atoms with Crippen LogP contribution in [0.4, 0.5) is 17.6 Å². The number of Topliss-reactive ketones (excluding diaryl/α,β-unsaturated/α-hetero) is 4. The third kappa shape index (κ3) is 5.01. The normalized spacial score (nSPS) is 19.4. The molecule has 0 saturated heterocycles. The van der Waals surface area contributed by atoms with Crippen LogP contribution in [0.25, 0.3) is 54.2 Å². The van der Waals surface area contributed by atoms with Gasteiger partial charge < -0.3 is 0 Å². The molecule has 0 radical (unpaired) electrons. The second-order valence-corrected chi connectivity index (χ2v) is 21.3. The maximum Gasteiger partial charge on any atom is 0.197 e. The number of fused-ring (bicyclic) bond motifs is 14. The van der Waals surface area contributed by atoms with Gasteiger partial charge in [0.25, 0.3) is 0 Å². The molecule has 11 heteroatoms. The number of hydrogen-bond acceptors (Lipinski definition) is 7. The minimum absolute atomic E-state index is 0.0456. The van der Waals surface area contributed by atoms with E-state index in [4.69, 9.17) is 0 Å². The number of rotatable bonds is 2. The second-order valence-electron chi connectivity index (χ2n) is 18.0. The van der Waals surface area contributed by atoms with Crippen LogP contribution in [0.3, 0.4) is 0 Å². The van der Waals surface area contributed by atoms with E-state index < -0.39 is 46.4 Å². The van der Waals surface area contributed by atoms with Crippen molar-refractivity contribution in [2.45, 2.75) is 75.0 Å². The summed E-state index contributed by atoms with van der Waals surface area (Å²) in [5, 5.41) is 1.42. The van der Waals surface area contributed by atoms with E-state index in [1.807, 2.05) is 11.3 Å². The lowest BCUT2D eigenvalue weighted by molar-refractivity contribution is 0.0975. The molecule has 2 fully saturated rings. The molecule has 0 unspecified atom stereocenters. The first-order chi connectivity index (χ1) is 30.4. The van der Waals surface area contributed by atoms with Crippen molar-refractivity contribution in [2.24, 2.45) is 0 Å². The molecule has 4 aromatic carbocycles. The minimum atomic E-state index is -1.02. The van der Waals surface area contributed by atoms with Gasteiger partial charge in [0.1, 0.15) is 0 Å². The van der Waals surface area contributed by atoms with Crippen molar-refractivity contribution in [2.75, 3.05) is 0 Å². The van der Waals surface area contributed by atoms with Crippen molar-refractivity contribution in [3.05, 3.63) is 148 Å². The van der Waals surface area contributed by atoms with Crippen LogP contribution < -0.4 is 0 Å². The fourth-order valence-corrected chi connectivity index (χ4v) is 16.3. The topological polar surface area (TPSA) is 68.3 Å². The predicted octanol–water partition coefficient (Wildman–Crippen LogP) is 14.2. The van der Waals surface area contributed by atoms with Gasteiger partial charge in [-0.05, 0) is 142 Å². The maximum absolute atomic E-state index is 14.2. The van der Waals surface area contributed by atoms with Gasteiger partial charge >= 0.3 is 0 Å². The van der Waals surface area contributed by atoms with Gasteiger partial charge in [0, 0.05) is 57.3 Å². The predicted molar refractivity (Wildman–Crippen MR) is 241 cm³/mol. The highest BCUT2D eigenvalue weighted by atomic mass is 32.1. The molecule has 2 spiro atoms. The molecule has 0 N–H and O–H groups in total. The van der Waals surface area contributed by atoms with Crippen LogP contribution in [0.1, 0.15) is 136 Å². The van der Waals surface area contributed by atoms with Crippen LogP contribution in [0.15, 0.2) is 71.8 Å². The molecule has 0 bridgehead atoms. The molecule has 6 aliphatic rings. The summed E-state index contributed by atoms with van der Waals surface area (Å²) in [5.41, 5.74) is 5.98. The van der Waals surface area contributed by atoms with E-state index in [9.17, 15) is 36.7 Å². The molecule has 310 valence electrons. The SMILES string of the molecule is O=C1C(=Cc2cc3c(s2)C2=C(c4sc5cc(C=C6C(=O)c7cc8cc(F)c(F)cc8cc7C6=O)sc5c4C24CCCCC4)C32CCCCC2)C(=O)c2cc3cc(F)c(F)cc3cc21. The number of thiophene rings is 3. The van der Waals surface area contributed by atoms with E-state index in [0.717, 1.165) is 103 Å². The zero-order valence-corrected chi connectivity index (χ0v) is 35.8. The molecular weight excluding hydrogens is 861 g/mol. The zero-order valence-electron chi connectivity index (χ0n) is 33.4. The summed E-state index contributed by atoms with van der Waals surface area (Å²) < 4.78 is 58.8. The average Bonchev–Trinajstić information content (AvgIpc) is 4.12. The lowest BCUT2D eigenvalue weighted by Gasteiger charge is -2.37. The molecule has 3 heterocycles. The van der Waals surface area contributed by atoms with Gasteiger partial charge in [-0.1, -0.05) is 38.5 Å². The summed E-state index contributed by atoms with van der Waals surface area (Å²) >= 11 is 5.08. The van der Waals surface area contributed by atoms with E-state index in [-0.39, 0.29) is 44.2 Å². The Labute approximate surface area is 369 Å². The quantitative estimate of drug-likeness (QED) is 0.0985. The monoisotopic (exact) mass is 892 g/mol. The summed E-state index contributed by atoms with van der Waals surface area (Å²) in [5.74, 6) is -5.73. The van der Waals surface area contributed by atoms with Gasteiger partial charge in [-0.3, -0.25) is 19.2 Å². The van der Waals surface area contributed by atoms with Crippen molar-refractivity contribution in [1.82, 2.24) is 0 Å². The Morgan fingerprint density at radius 3 is 1.32 bits per heavy atom. The largest absolute Gasteiger partial charge is 0.288 e. The molecule has 4 nitrogen and oxygen atoms in total. The summed E-state index contributed by atoms with van der Waals surface area (Å²) in [4.78, 5) is 59.6. The van der Waals surface area contributed by atoms with E-state index in [0.29, 0.717) is 21.5 Å². The Hall–Kier alpha value is -5.62. The van der Waals surface area contributed by atoms with Gasteiger partial charge in [-0.2, -0.15) is 0 Å². The molecule has 13 rings (SSSR count). The van der Waals surface area contributed by atoms with Crippen LogP contribution in [0.2, 0.25) is 0 Å². The van der Waals surface area contributed by atoms with Gasteiger partial charge in [0.15, 0.2) is 46.4 Å². The van der Waals surface area contributed by atoms with E-state index in [1.165, 1.54) is 61.0 Å². The van der Waals surface area contributed by atoms with Crippen molar-refractivity contribution < 1.29 is 36.7 Å². The summed E-state index contributed by atoms with van der Waals surface area (Å²) in [6.07, 6.45) is 14.0. The molecular formula is C52H32F4O4S3. The molecule has 0 amide bonds. The summed E-state index contributed by atoms with van der Waals surface area (Å²) in [7, 11) is 0. The molecule has 0 atom stereocenters. The first kappa shape index (κ1) is 37.9. The second kappa shape index (κ2) is 13.0. The summed E-state index contributed by atoms with van der Waals surface area (Å²) in [6.45, 7) is 0. The third-order valence-electron chi connectivity index (χ3n) is 14.8. The number of hydrogen-bond donors (Lipinski definition) is 0. The maximum atomic E-state index is 14.2. The van der Waals surface area contributed by atoms with Crippen LogP contribution in [0, 0.1) is 23.3 Å². The van der Waals surface area contributed by atoms with E-state index in [2.05, 4.69) is 12.1 Å². The Morgan fingerprint density at radius 1 is 0.444 bits per heavy atom. The number of halogens is 4. The highest BCUT2D eigenvalue weighted by Crippen LogP contribution is 2.72. The average molecular weight is 893 g/mol. The third-order valence-corrected chi connectivity index (χ3v) is 18.2. The van der Waals surface area contributed by atoms with Crippen LogP contribution in [-0.2, 0) is 10.8 Å². The lowest BCUT2D eigenvalue weighted by atomic mass is 9.67. The van der Waals surface area contributed by atoms with Crippen LogP contribution >= 0.6 is 34.0 Å². The minimum Gasteiger partial charge on any atom is -0.288 e. The zero-order chi connectivity index (χ0) is 42.8. The van der Waals surface area contributed by atoms with E-state index in [1.54, 1.807) is 34.8 Å². The molecule has 0 aliphatic heterocycles. The molecule has 2 saturated carbocycles. The molecule has 63 heavy (non-hydrogen) atoms. The van der Waals surface area contributed by atoms with E-state index >= 15 is 0 Å². The number of ketones is 4. The highest BCUT2D eigenvalue weighted by molar-refractivity contribution is 7.29. The highest BCUT2D eigenvalue weighted by Gasteiger charge is 2.59. The molecule has 7 aromatic rings. The van der Waals surface area contributed by atoms with Gasteiger partial charge in [0.2, 0.25) is 0 Å². The van der Waals surface area contributed by atoms with Crippen molar-refractivity contribution in [3.8, 4) is 0 Å².